The quantitative estimate of drug-likeness (QED) is 0.461. The van der Waals surface area contributed by atoms with Crippen LogP contribution in [0.4, 0.5) is 10.3 Å². The van der Waals surface area contributed by atoms with Crippen molar-refractivity contribution in [2.45, 2.75) is 19.4 Å². The molecule has 32 heavy (non-hydrogen) atoms. The van der Waals surface area contributed by atoms with Crippen molar-refractivity contribution in [3.05, 3.63) is 71.7 Å². The van der Waals surface area contributed by atoms with Crippen molar-refractivity contribution >= 4 is 11.8 Å². The highest BCUT2D eigenvalue weighted by Gasteiger charge is 2.33. The van der Waals surface area contributed by atoms with Crippen molar-refractivity contribution in [2.75, 3.05) is 32.9 Å². The van der Waals surface area contributed by atoms with E-state index in [4.69, 9.17) is 19.7 Å². The fourth-order valence-corrected chi connectivity index (χ4v) is 3.78. The summed E-state index contributed by atoms with van der Waals surface area (Å²) >= 11 is 0. The number of aliphatic imine (C=N–C) groups is 1. The third-order valence-corrected chi connectivity index (χ3v) is 5.60. The molecule has 168 valence electrons. The molecule has 8 heteroatoms. The second-order valence-electron chi connectivity index (χ2n) is 7.64. The molecule has 2 heterocycles. The van der Waals surface area contributed by atoms with Crippen LogP contribution in [0, 0.1) is 5.82 Å². The molecule has 0 radical (unpaired) electrons. The van der Waals surface area contributed by atoms with E-state index in [9.17, 15) is 4.39 Å². The molecule has 0 saturated carbocycles. The topological polar surface area (TPSA) is 86.1 Å². The van der Waals surface area contributed by atoms with Gasteiger partial charge in [-0.05, 0) is 31.0 Å². The standard InChI is InChI=1S/C24H27FN4O3/c1-3-31-24(2,18-10-8-17(9-11-18)19-6-4-5-7-20(19)25)21-16-22(32-28-21)27-23(26)29-12-14-30-15-13-29/h4-11,16H,3,12-15H2,1-2H3,(H2,26,27). The first kappa shape index (κ1) is 22.0. The number of nitrogens with zero attached hydrogens (tertiary/aromatic N) is 3. The van der Waals surface area contributed by atoms with E-state index >= 15 is 0 Å². The van der Waals surface area contributed by atoms with Gasteiger partial charge in [-0.15, -0.1) is 0 Å². The van der Waals surface area contributed by atoms with Gasteiger partial charge in [0.2, 0.25) is 0 Å². The van der Waals surface area contributed by atoms with Gasteiger partial charge >= 0.3 is 0 Å². The summed E-state index contributed by atoms with van der Waals surface area (Å²) < 4.78 is 31.0. The van der Waals surface area contributed by atoms with E-state index < -0.39 is 5.60 Å². The zero-order chi connectivity index (χ0) is 22.6. The Morgan fingerprint density at radius 2 is 1.91 bits per heavy atom. The van der Waals surface area contributed by atoms with Crippen LogP contribution in [-0.4, -0.2) is 48.9 Å². The largest absolute Gasteiger partial charge is 0.378 e. The molecule has 0 spiro atoms. The lowest BCUT2D eigenvalue weighted by Gasteiger charge is -2.28. The Morgan fingerprint density at radius 3 is 2.59 bits per heavy atom. The van der Waals surface area contributed by atoms with E-state index in [0.29, 0.717) is 56.0 Å². The van der Waals surface area contributed by atoms with Crippen LogP contribution in [0.15, 0.2) is 64.1 Å². The number of hydrogen-bond donors (Lipinski definition) is 1. The molecule has 3 aromatic rings. The van der Waals surface area contributed by atoms with E-state index in [-0.39, 0.29) is 5.82 Å². The Kier molecular flexibility index (Phi) is 6.53. The number of halogens is 1. The van der Waals surface area contributed by atoms with Crippen molar-refractivity contribution in [3.8, 4) is 11.1 Å². The lowest BCUT2D eigenvalue weighted by molar-refractivity contribution is -0.00122. The molecular formula is C24H27FN4O3. The SMILES string of the molecule is CCOC(C)(c1ccc(-c2ccccc2F)cc1)c1cc(/N=C(/N)N2CCOCC2)on1. The van der Waals surface area contributed by atoms with Gasteiger partial charge in [-0.1, -0.05) is 47.6 Å². The van der Waals surface area contributed by atoms with Crippen LogP contribution < -0.4 is 5.73 Å². The van der Waals surface area contributed by atoms with Crippen molar-refractivity contribution in [3.63, 3.8) is 0 Å². The first-order valence-electron chi connectivity index (χ1n) is 10.6. The molecule has 1 aromatic heterocycles. The van der Waals surface area contributed by atoms with E-state index in [0.717, 1.165) is 11.1 Å². The maximum Gasteiger partial charge on any atom is 0.253 e. The number of ether oxygens (including phenoxy) is 2. The number of rotatable bonds is 6. The van der Waals surface area contributed by atoms with E-state index in [2.05, 4.69) is 10.1 Å². The van der Waals surface area contributed by atoms with Crippen LogP contribution in [0.2, 0.25) is 0 Å². The predicted octanol–water partition coefficient (Wildman–Crippen LogP) is 4.06. The van der Waals surface area contributed by atoms with Crippen molar-refractivity contribution < 1.29 is 18.4 Å². The number of hydrogen-bond acceptors (Lipinski definition) is 5. The summed E-state index contributed by atoms with van der Waals surface area (Å²) in [6.07, 6.45) is 0. The Bertz CT molecular complexity index is 1080. The second kappa shape index (κ2) is 9.50. The molecule has 1 aliphatic rings. The summed E-state index contributed by atoms with van der Waals surface area (Å²) in [6, 6.07) is 16.0. The molecule has 2 aromatic carbocycles. The Hall–Kier alpha value is -3.23. The normalized spacial score (nSPS) is 16.7. The fourth-order valence-electron chi connectivity index (χ4n) is 3.78. The van der Waals surface area contributed by atoms with Crippen molar-refractivity contribution in [1.29, 1.82) is 0 Å². The van der Waals surface area contributed by atoms with Crippen LogP contribution in [0.25, 0.3) is 11.1 Å². The maximum absolute atomic E-state index is 14.2. The van der Waals surface area contributed by atoms with Gasteiger partial charge in [0.05, 0.1) is 13.2 Å². The minimum atomic E-state index is -0.868. The predicted molar refractivity (Wildman–Crippen MR) is 120 cm³/mol. The van der Waals surface area contributed by atoms with Crippen molar-refractivity contribution in [1.82, 2.24) is 10.1 Å². The maximum atomic E-state index is 14.2. The number of nitrogens with two attached hydrogens (primary N) is 1. The zero-order valence-corrected chi connectivity index (χ0v) is 18.3. The zero-order valence-electron chi connectivity index (χ0n) is 18.3. The van der Waals surface area contributed by atoms with Crippen LogP contribution in [0.3, 0.4) is 0 Å². The third kappa shape index (κ3) is 4.51. The molecule has 1 unspecified atom stereocenters. The summed E-state index contributed by atoms with van der Waals surface area (Å²) in [6.45, 7) is 6.90. The van der Waals surface area contributed by atoms with E-state index in [1.165, 1.54) is 6.07 Å². The molecular weight excluding hydrogens is 411 g/mol. The number of benzene rings is 2. The highest BCUT2D eigenvalue weighted by Crippen LogP contribution is 2.36. The summed E-state index contributed by atoms with van der Waals surface area (Å²) in [5, 5.41) is 4.21. The van der Waals surface area contributed by atoms with Gasteiger partial charge in [0.15, 0.2) is 5.96 Å². The third-order valence-electron chi connectivity index (χ3n) is 5.60. The Balaban J connectivity index is 1.61. The summed E-state index contributed by atoms with van der Waals surface area (Å²) in [5.74, 6) is 0.408. The minimum Gasteiger partial charge on any atom is -0.378 e. The van der Waals surface area contributed by atoms with Crippen molar-refractivity contribution in [2.24, 2.45) is 10.7 Å². The average molecular weight is 439 g/mol. The highest BCUT2D eigenvalue weighted by atomic mass is 19.1. The highest BCUT2D eigenvalue weighted by molar-refractivity contribution is 5.80. The van der Waals surface area contributed by atoms with Gasteiger partial charge in [-0.3, -0.25) is 0 Å². The van der Waals surface area contributed by atoms with Gasteiger partial charge in [-0.2, -0.15) is 4.99 Å². The number of aromatic nitrogens is 1. The molecule has 0 aliphatic carbocycles. The van der Waals surface area contributed by atoms with Gasteiger partial charge in [0, 0.05) is 31.3 Å². The van der Waals surface area contributed by atoms with E-state index in [1.807, 2.05) is 49.1 Å². The summed E-state index contributed by atoms with van der Waals surface area (Å²) in [4.78, 5) is 6.31. The first-order chi connectivity index (χ1) is 15.5. The summed E-state index contributed by atoms with van der Waals surface area (Å²) in [5.41, 5.74) is 8.03. The number of morpholine rings is 1. The van der Waals surface area contributed by atoms with Gasteiger partial charge < -0.3 is 24.6 Å². The average Bonchev–Trinajstić information content (AvgIpc) is 3.29. The lowest BCUT2D eigenvalue weighted by Crippen LogP contribution is -2.44. The lowest BCUT2D eigenvalue weighted by atomic mass is 9.90. The smallest absolute Gasteiger partial charge is 0.253 e. The number of guanidine groups is 1. The minimum absolute atomic E-state index is 0.260. The molecule has 1 atom stereocenters. The Labute approximate surface area is 186 Å². The molecule has 4 rings (SSSR count). The molecule has 7 nitrogen and oxygen atoms in total. The van der Waals surface area contributed by atoms with E-state index in [1.54, 1.807) is 18.2 Å². The Morgan fingerprint density at radius 1 is 1.19 bits per heavy atom. The van der Waals surface area contributed by atoms with Crippen LogP contribution >= 0.6 is 0 Å². The van der Waals surface area contributed by atoms with Crippen LogP contribution in [-0.2, 0) is 15.1 Å². The molecule has 1 fully saturated rings. The second-order valence-corrected chi connectivity index (χ2v) is 7.64. The van der Waals surface area contributed by atoms with Crippen LogP contribution in [0.5, 0.6) is 0 Å². The fraction of sp³-hybridized carbons (Fsp3) is 0.333. The van der Waals surface area contributed by atoms with Crippen LogP contribution in [0.1, 0.15) is 25.1 Å². The molecule has 2 N–H and O–H groups in total. The first-order valence-corrected chi connectivity index (χ1v) is 10.6. The van der Waals surface area contributed by atoms with Gasteiger partial charge in [0.1, 0.15) is 17.1 Å². The molecule has 1 saturated heterocycles. The molecule has 1 aliphatic heterocycles. The monoisotopic (exact) mass is 438 g/mol. The van der Waals surface area contributed by atoms with Gasteiger partial charge in [0.25, 0.3) is 5.88 Å². The molecule has 0 bridgehead atoms. The molecule has 0 amide bonds. The van der Waals surface area contributed by atoms with Gasteiger partial charge in [-0.25, -0.2) is 4.39 Å². The summed E-state index contributed by atoms with van der Waals surface area (Å²) in [7, 11) is 0.